The molecule has 0 aliphatic carbocycles. The maximum atomic E-state index is 11.4. The molecule has 0 saturated carbocycles. The Kier molecular flexibility index (Phi) is 4.51. The molecule has 2 atom stereocenters. The molecule has 0 radical (unpaired) electrons. The average molecular weight is 216 g/mol. The molecule has 1 aliphatic heterocycles. The Morgan fingerprint density at radius 3 is 2.87 bits per heavy atom. The summed E-state index contributed by atoms with van der Waals surface area (Å²) in [7, 11) is 0. The van der Waals surface area contributed by atoms with Crippen molar-refractivity contribution in [2.75, 3.05) is 19.7 Å². The summed E-state index contributed by atoms with van der Waals surface area (Å²) >= 11 is 0. The Balaban J connectivity index is 2.25. The third-order valence-electron chi connectivity index (χ3n) is 2.35. The van der Waals surface area contributed by atoms with Gasteiger partial charge in [0.15, 0.2) is 0 Å². The molecule has 0 aromatic heterocycles. The first-order chi connectivity index (χ1) is 7.11. The highest BCUT2D eigenvalue weighted by Gasteiger charge is 2.23. The van der Waals surface area contributed by atoms with Crippen LogP contribution in [0.5, 0.6) is 0 Å². The molecule has 1 saturated heterocycles. The molecule has 1 rings (SSSR count). The Hall–Kier alpha value is -1.14. The van der Waals surface area contributed by atoms with E-state index in [-0.39, 0.29) is 18.5 Å². The summed E-state index contributed by atoms with van der Waals surface area (Å²) in [6.07, 6.45) is 1.72. The van der Waals surface area contributed by atoms with E-state index >= 15 is 0 Å². The molecule has 1 fully saturated rings. The van der Waals surface area contributed by atoms with Crippen LogP contribution in [0.4, 0.5) is 0 Å². The number of piperidine rings is 1. The highest BCUT2D eigenvalue weighted by molar-refractivity contribution is 5.75. The fraction of sp³-hybridized carbons (Fsp3) is 0.778. The molecule has 1 heterocycles. The van der Waals surface area contributed by atoms with E-state index in [1.807, 2.05) is 0 Å². The van der Waals surface area contributed by atoms with Crippen molar-refractivity contribution in [2.45, 2.75) is 18.9 Å². The van der Waals surface area contributed by atoms with Crippen LogP contribution in [0.15, 0.2) is 0 Å². The molecule has 4 N–H and O–H groups in total. The highest BCUT2D eigenvalue weighted by atomic mass is 16.5. The summed E-state index contributed by atoms with van der Waals surface area (Å²) in [5.74, 6) is -1.69. The maximum Gasteiger partial charge on any atom is 0.324 e. The SMILES string of the molecule is N[C@@H](COC(=O)C1CCCNC1)C(=O)O. The third-order valence-corrected chi connectivity index (χ3v) is 2.35. The minimum atomic E-state index is -1.16. The first-order valence-corrected chi connectivity index (χ1v) is 4.97. The molecule has 0 aromatic carbocycles. The zero-order valence-corrected chi connectivity index (χ0v) is 8.44. The quantitative estimate of drug-likeness (QED) is 0.518. The summed E-state index contributed by atoms with van der Waals surface area (Å²) in [5, 5.41) is 11.6. The van der Waals surface area contributed by atoms with Gasteiger partial charge in [0.1, 0.15) is 12.6 Å². The largest absolute Gasteiger partial charge is 0.480 e. The second-order valence-electron chi connectivity index (χ2n) is 3.62. The fourth-order valence-electron chi connectivity index (χ4n) is 1.41. The van der Waals surface area contributed by atoms with E-state index in [1.165, 1.54) is 0 Å². The molecule has 0 amide bonds. The van der Waals surface area contributed by atoms with Crippen LogP contribution < -0.4 is 11.1 Å². The lowest BCUT2D eigenvalue weighted by molar-refractivity contribution is -0.152. The van der Waals surface area contributed by atoms with E-state index in [0.717, 1.165) is 19.4 Å². The van der Waals surface area contributed by atoms with Crippen molar-refractivity contribution in [3.05, 3.63) is 0 Å². The van der Waals surface area contributed by atoms with Crippen molar-refractivity contribution in [1.29, 1.82) is 0 Å². The molecule has 1 aliphatic rings. The number of carboxylic acid groups (broad SMARTS) is 1. The van der Waals surface area contributed by atoms with Gasteiger partial charge in [-0.25, -0.2) is 0 Å². The number of rotatable bonds is 4. The van der Waals surface area contributed by atoms with Crippen molar-refractivity contribution in [1.82, 2.24) is 5.32 Å². The number of carbonyl (C=O) groups excluding carboxylic acids is 1. The van der Waals surface area contributed by atoms with Crippen molar-refractivity contribution in [3.8, 4) is 0 Å². The number of carboxylic acids is 1. The maximum absolute atomic E-state index is 11.4. The van der Waals surface area contributed by atoms with E-state index < -0.39 is 12.0 Å². The molecule has 15 heavy (non-hydrogen) atoms. The first-order valence-electron chi connectivity index (χ1n) is 4.97. The van der Waals surface area contributed by atoms with Gasteiger partial charge in [-0.1, -0.05) is 0 Å². The topological polar surface area (TPSA) is 102 Å². The Labute approximate surface area is 87.8 Å². The molecule has 0 spiro atoms. The number of hydrogen-bond acceptors (Lipinski definition) is 5. The van der Waals surface area contributed by atoms with Gasteiger partial charge in [0.2, 0.25) is 0 Å². The summed E-state index contributed by atoms with van der Waals surface area (Å²) < 4.78 is 4.82. The summed E-state index contributed by atoms with van der Waals surface area (Å²) in [4.78, 5) is 21.8. The zero-order chi connectivity index (χ0) is 11.3. The molecule has 6 nitrogen and oxygen atoms in total. The van der Waals surface area contributed by atoms with Crippen LogP contribution in [0.1, 0.15) is 12.8 Å². The summed E-state index contributed by atoms with van der Waals surface area (Å²) in [6.45, 7) is 1.25. The monoisotopic (exact) mass is 216 g/mol. The number of ether oxygens (including phenoxy) is 1. The number of nitrogens with one attached hydrogen (secondary N) is 1. The lowest BCUT2D eigenvalue weighted by Crippen LogP contribution is -2.39. The second kappa shape index (κ2) is 5.67. The number of esters is 1. The molecule has 0 bridgehead atoms. The van der Waals surface area contributed by atoms with Gasteiger partial charge in [-0.05, 0) is 19.4 Å². The van der Waals surface area contributed by atoms with E-state index in [0.29, 0.717) is 6.54 Å². The zero-order valence-electron chi connectivity index (χ0n) is 8.44. The molecular weight excluding hydrogens is 200 g/mol. The van der Waals surface area contributed by atoms with Crippen LogP contribution in [0, 0.1) is 5.92 Å². The second-order valence-corrected chi connectivity index (χ2v) is 3.62. The van der Waals surface area contributed by atoms with Gasteiger partial charge >= 0.3 is 11.9 Å². The van der Waals surface area contributed by atoms with E-state index in [4.69, 9.17) is 15.6 Å². The van der Waals surface area contributed by atoms with Gasteiger partial charge in [0, 0.05) is 6.54 Å². The molecule has 0 aromatic rings. The lowest BCUT2D eigenvalue weighted by Gasteiger charge is -2.21. The normalized spacial score (nSPS) is 23.1. The van der Waals surface area contributed by atoms with Gasteiger partial charge in [-0.3, -0.25) is 9.59 Å². The van der Waals surface area contributed by atoms with E-state index in [9.17, 15) is 9.59 Å². The molecule has 86 valence electrons. The molecule has 1 unspecified atom stereocenters. The predicted molar refractivity (Wildman–Crippen MR) is 52.2 cm³/mol. The molecule has 6 heteroatoms. The summed E-state index contributed by atoms with van der Waals surface area (Å²) in [5.41, 5.74) is 5.20. The number of nitrogens with two attached hydrogens (primary N) is 1. The smallest absolute Gasteiger partial charge is 0.324 e. The van der Waals surface area contributed by atoms with Gasteiger partial charge < -0.3 is 20.9 Å². The number of hydrogen-bond donors (Lipinski definition) is 3. The van der Waals surface area contributed by atoms with Crippen molar-refractivity contribution < 1.29 is 19.4 Å². The van der Waals surface area contributed by atoms with Crippen LogP contribution >= 0.6 is 0 Å². The Bertz CT molecular complexity index is 238. The van der Waals surface area contributed by atoms with Gasteiger partial charge in [-0.2, -0.15) is 0 Å². The highest BCUT2D eigenvalue weighted by Crippen LogP contribution is 2.11. The van der Waals surface area contributed by atoms with Crippen LogP contribution in [-0.4, -0.2) is 42.8 Å². The molecular formula is C9H16N2O4. The van der Waals surface area contributed by atoms with Crippen molar-refractivity contribution >= 4 is 11.9 Å². The van der Waals surface area contributed by atoms with E-state index in [2.05, 4.69) is 5.32 Å². The standard InChI is InChI=1S/C9H16N2O4/c10-7(8(12)13)5-15-9(14)6-2-1-3-11-4-6/h6-7,11H,1-5,10H2,(H,12,13)/t6?,7-/m0/s1. The Morgan fingerprint density at radius 2 is 2.33 bits per heavy atom. The summed E-state index contributed by atoms with van der Waals surface area (Å²) in [6, 6.07) is -1.13. The first kappa shape index (κ1) is 11.9. The minimum Gasteiger partial charge on any atom is -0.480 e. The van der Waals surface area contributed by atoms with Crippen LogP contribution in [0.2, 0.25) is 0 Å². The van der Waals surface area contributed by atoms with Crippen molar-refractivity contribution in [3.63, 3.8) is 0 Å². The lowest BCUT2D eigenvalue weighted by atomic mass is 10.0. The van der Waals surface area contributed by atoms with Crippen LogP contribution in [-0.2, 0) is 14.3 Å². The Morgan fingerprint density at radius 1 is 1.60 bits per heavy atom. The van der Waals surface area contributed by atoms with Crippen LogP contribution in [0.3, 0.4) is 0 Å². The van der Waals surface area contributed by atoms with Gasteiger partial charge in [0.05, 0.1) is 5.92 Å². The van der Waals surface area contributed by atoms with Gasteiger partial charge in [-0.15, -0.1) is 0 Å². The minimum absolute atomic E-state index is 0.167. The third kappa shape index (κ3) is 3.85. The van der Waals surface area contributed by atoms with Crippen LogP contribution in [0.25, 0.3) is 0 Å². The van der Waals surface area contributed by atoms with Crippen molar-refractivity contribution in [2.24, 2.45) is 11.7 Å². The van der Waals surface area contributed by atoms with E-state index in [1.54, 1.807) is 0 Å². The van der Waals surface area contributed by atoms with Gasteiger partial charge in [0.25, 0.3) is 0 Å². The number of carbonyl (C=O) groups is 2. The average Bonchev–Trinajstić information content (AvgIpc) is 2.26. The predicted octanol–water partition coefficient (Wildman–Crippen LogP) is -1.06. The fourth-order valence-corrected chi connectivity index (χ4v) is 1.41. The number of aliphatic carboxylic acids is 1.